The zero-order chi connectivity index (χ0) is 36.5. The molecule has 0 amide bonds. The molecule has 0 fully saturated rings. The summed E-state index contributed by atoms with van der Waals surface area (Å²) >= 11 is 0. The first kappa shape index (κ1) is 29.8. The predicted molar refractivity (Wildman–Crippen MR) is 234 cm³/mol. The summed E-state index contributed by atoms with van der Waals surface area (Å²) in [6, 6.07) is 65.8. The van der Waals surface area contributed by atoms with Crippen molar-refractivity contribution >= 4 is 92.5 Å². The molecule has 0 atom stereocenters. The highest BCUT2D eigenvalue weighted by atomic mass is 15.1. The lowest BCUT2D eigenvalue weighted by molar-refractivity contribution is 1.08. The van der Waals surface area contributed by atoms with Gasteiger partial charge >= 0.3 is 0 Å². The molecule has 258 valence electrons. The molecule has 13 aromatic rings. The highest BCUT2D eigenvalue weighted by molar-refractivity contribution is 6.31. The molecule has 4 aromatic heterocycles. The molecule has 0 N–H and O–H groups in total. The van der Waals surface area contributed by atoms with E-state index in [2.05, 4.69) is 191 Å². The Bertz CT molecular complexity index is 3760. The minimum absolute atomic E-state index is 0.815. The van der Waals surface area contributed by atoms with Gasteiger partial charge in [0.1, 0.15) is 5.69 Å². The zero-order valence-corrected chi connectivity index (χ0v) is 30.1. The van der Waals surface area contributed by atoms with Crippen LogP contribution < -0.4 is 0 Å². The lowest BCUT2D eigenvalue weighted by Crippen LogP contribution is -2.04. The molecule has 4 heterocycles. The van der Waals surface area contributed by atoms with E-state index < -0.39 is 0 Å². The first-order valence-corrected chi connectivity index (χ1v) is 19.2. The van der Waals surface area contributed by atoms with Crippen LogP contribution in [0.25, 0.3) is 121 Å². The lowest BCUT2D eigenvalue weighted by atomic mass is 9.95. The Morgan fingerprint density at radius 1 is 0.375 bits per heavy atom. The average Bonchev–Trinajstić information content (AvgIpc) is 3.75. The van der Waals surface area contributed by atoms with Gasteiger partial charge in [-0.1, -0.05) is 146 Å². The minimum Gasteiger partial charge on any atom is -0.308 e. The van der Waals surface area contributed by atoms with E-state index in [1.54, 1.807) is 0 Å². The minimum atomic E-state index is 0.815. The van der Waals surface area contributed by atoms with E-state index in [1.807, 2.05) is 0 Å². The first-order valence-electron chi connectivity index (χ1n) is 19.2. The molecule has 4 nitrogen and oxygen atoms in total. The smallest absolute Gasteiger partial charge is 0.165 e. The highest BCUT2D eigenvalue weighted by Gasteiger charge is 2.25. The van der Waals surface area contributed by atoms with Crippen LogP contribution in [0.5, 0.6) is 0 Å². The van der Waals surface area contributed by atoms with Crippen LogP contribution in [0, 0.1) is 0 Å². The number of nitrogens with zero attached hydrogens (tertiary/aromatic N) is 4. The number of para-hydroxylation sites is 2. The van der Waals surface area contributed by atoms with E-state index in [0.717, 1.165) is 61.0 Å². The van der Waals surface area contributed by atoms with Crippen molar-refractivity contribution in [2.24, 2.45) is 0 Å². The third kappa shape index (κ3) is 3.92. The standard InChI is InChI=1S/C52H30N4/c1-2-13-33(14-3-1)49-52(54-50-41(53-49)29-28-32-16-8-18-36(46(32)50)35-27-26-31-12-4-5-15-34(31)30-35)56-43-23-10-19-38-40-21-9-20-39-37-17-6-7-22-42(37)55(51(39)40)44-24-11-25-45(56)48(44)47(38)43/h1-30H. The van der Waals surface area contributed by atoms with Crippen molar-refractivity contribution < 1.29 is 0 Å². The molecule has 0 unspecified atom stereocenters. The summed E-state index contributed by atoms with van der Waals surface area (Å²) in [5, 5.41) is 12.1. The van der Waals surface area contributed by atoms with E-state index >= 15 is 0 Å². The monoisotopic (exact) mass is 710 g/mol. The number of fused-ring (bicyclic) bond motifs is 9. The molecular formula is C52H30N4. The molecule has 9 aromatic carbocycles. The van der Waals surface area contributed by atoms with Crippen LogP contribution in [0.3, 0.4) is 0 Å². The van der Waals surface area contributed by atoms with Gasteiger partial charge < -0.3 is 4.40 Å². The fraction of sp³-hybridized carbons (Fsp3) is 0. The molecule has 0 radical (unpaired) electrons. The second-order valence-electron chi connectivity index (χ2n) is 14.9. The molecule has 0 saturated carbocycles. The summed E-state index contributed by atoms with van der Waals surface area (Å²) in [4.78, 5) is 11.3. The van der Waals surface area contributed by atoms with Gasteiger partial charge in [0.05, 0.1) is 38.6 Å². The molecule has 0 aliphatic heterocycles. The van der Waals surface area contributed by atoms with Crippen molar-refractivity contribution in [2.75, 3.05) is 0 Å². The van der Waals surface area contributed by atoms with Crippen LogP contribution in [-0.2, 0) is 0 Å². The van der Waals surface area contributed by atoms with Crippen LogP contribution >= 0.6 is 0 Å². The molecule has 0 aliphatic carbocycles. The van der Waals surface area contributed by atoms with Crippen molar-refractivity contribution in [3.05, 3.63) is 182 Å². The molecule has 56 heavy (non-hydrogen) atoms. The van der Waals surface area contributed by atoms with E-state index in [-0.39, 0.29) is 0 Å². The van der Waals surface area contributed by atoms with Crippen molar-refractivity contribution in [1.82, 2.24) is 18.9 Å². The normalized spacial score (nSPS) is 12.3. The van der Waals surface area contributed by atoms with Gasteiger partial charge in [0.25, 0.3) is 0 Å². The van der Waals surface area contributed by atoms with Crippen molar-refractivity contribution in [1.29, 1.82) is 0 Å². The van der Waals surface area contributed by atoms with Gasteiger partial charge in [0, 0.05) is 37.9 Å². The summed E-state index contributed by atoms with van der Waals surface area (Å²) in [6.07, 6.45) is 0. The molecule has 0 aliphatic rings. The van der Waals surface area contributed by atoms with Crippen molar-refractivity contribution in [3.8, 4) is 28.2 Å². The number of rotatable bonds is 3. The maximum atomic E-state index is 5.79. The largest absolute Gasteiger partial charge is 0.308 e. The van der Waals surface area contributed by atoms with Gasteiger partial charge in [-0.15, -0.1) is 0 Å². The van der Waals surface area contributed by atoms with Crippen LogP contribution in [0.15, 0.2) is 182 Å². The average molecular weight is 711 g/mol. The fourth-order valence-electron chi connectivity index (χ4n) is 9.64. The Morgan fingerprint density at radius 2 is 1.02 bits per heavy atom. The zero-order valence-electron chi connectivity index (χ0n) is 30.1. The van der Waals surface area contributed by atoms with Crippen LogP contribution in [0.1, 0.15) is 0 Å². The molecule has 0 spiro atoms. The lowest BCUT2D eigenvalue weighted by Gasteiger charge is -2.16. The Kier molecular flexibility index (Phi) is 5.86. The summed E-state index contributed by atoms with van der Waals surface area (Å²) in [5.41, 5.74) is 11.8. The Labute approximate surface area is 320 Å². The quantitative estimate of drug-likeness (QED) is 0.171. The SMILES string of the molecule is c1ccc(-c2nc3ccc4cccc(-c5ccc6ccccc6c5)c4c3nc2-n2c3cccc4c5cccc6c7ccccc7n(c7cccc2c7c43)c56)cc1. The van der Waals surface area contributed by atoms with Crippen molar-refractivity contribution in [2.45, 2.75) is 0 Å². The summed E-state index contributed by atoms with van der Waals surface area (Å²) in [5.74, 6) is 0.815. The Hall–Kier alpha value is -7.56. The van der Waals surface area contributed by atoms with Gasteiger partial charge in [0.15, 0.2) is 5.82 Å². The predicted octanol–water partition coefficient (Wildman–Crippen LogP) is 13.5. The maximum absolute atomic E-state index is 5.79. The number of aromatic nitrogens is 4. The first-order chi connectivity index (χ1) is 27.8. The number of benzene rings is 9. The maximum Gasteiger partial charge on any atom is 0.165 e. The fourth-order valence-corrected chi connectivity index (χ4v) is 9.64. The second-order valence-corrected chi connectivity index (χ2v) is 14.9. The van der Waals surface area contributed by atoms with E-state index in [1.165, 1.54) is 59.6 Å². The van der Waals surface area contributed by atoms with Gasteiger partial charge in [-0.3, -0.25) is 4.57 Å². The molecule has 4 heteroatoms. The van der Waals surface area contributed by atoms with Crippen LogP contribution in [-0.4, -0.2) is 18.9 Å². The molecule has 0 bridgehead atoms. The van der Waals surface area contributed by atoms with Gasteiger partial charge in [-0.05, 0) is 69.1 Å². The van der Waals surface area contributed by atoms with Gasteiger partial charge in [0.2, 0.25) is 0 Å². The van der Waals surface area contributed by atoms with Gasteiger partial charge in [-0.25, -0.2) is 9.97 Å². The molecular weight excluding hydrogens is 681 g/mol. The van der Waals surface area contributed by atoms with Crippen LogP contribution in [0.4, 0.5) is 0 Å². The van der Waals surface area contributed by atoms with Crippen LogP contribution in [0.2, 0.25) is 0 Å². The van der Waals surface area contributed by atoms with E-state index in [9.17, 15) is 0 Å². The Morgan fingerprint density at radius 3 is 1.93 bits per heavy atom. The molecule has 13 rings (SSSR count). The van der Waals surface area contributed by atoms with E-state index in [4.69, 9.17) is 9.97 Å². The summed E-state index contributed by atoms with van der Waals surface area (Å²) in [6.45, 7) is 0. The Balaban J connectivity index is 1.21. The van der Waals surface area contributed by atoms with E-state index in [0.29, 0.717) is 0 Å². The van der Waals surface area contributed by atoms with Crippen molar-refractivity contribution in [3.63, 3.8) is 0 Å². The number of hydrogen-bond acceptors (Lipinski definition) is 2. The summed E-state index contributed by atoms with van der Waals surface area (Å²) in [7, 11) is 0. The third-order valence-electron chi connectivity index (χ3n) is 12.0. The van der Waals surface area contributed by atoms with Gasteiger partial charge in [-0.2, -0.15) is 0 Å². The number of hydrogen-bond donors (Lipinski definition) is 0. The third-order valence-corrected chi connectivity index (χ3v) is 12.0. The second kappa shape index (κ2) is 11.0. The topological polar surface area (TPSA) is 35.1 Å². The highest BCUT2D eigenvalue weighted by Crippen LogP contribution is 2.45. The molecule has 0 saturated heterocycles. The summed E-state index contributed by atoms with van der Waals surface area (Å²) < 4.78 is 4.86.